The molecule has 1 aliphatic heterocycles. The maximum Gasteiger partial charge on any atom is 0.408 e. The third-order valence-electron chi connectivity index (χ3n) is 11.4. The van der Waals surface area contributed by atoms with Crippen LogP contribution < -0.4 is 15.4 Å². The predicted octanol–water partition coefficient (Wildman–Crippen LogP) is 4.24. The van der Waals surface area contributed by atoms with Crippen molar-refractivity contribution in [3.05, 3.63) is 59.7 Å². The Morgan fingerprint density at radius 3 is 2.11 bits per heavy atom. The van der Waals surface area contributed by atoms with Gasteiger partial charge in [-0.1, -0.05) is 74.0 Å². The van der Waals surface area contributed by atoms with Gasteiger partial charge in [0.25, 0.3) is 5.91 Å². The zero-order valence-electron chi connectivity index (χ0n) is 30.1. The number of alkyl halides is 2. The molecule has 0 spiro atoms. The van der Waals surface area contributed by atoms with E-state index in [4.69, 9.17) is 9.57 Å². The minimum Gasteiger partial charge on any atom is -0.446 e. The molecule has 2 aromatic carbocycles. The Bertz CT molecular complexity index is 1900. The van der Waals surface area contributed by atoms with Crippen LogP contribution in [0.5, 0.6) is 0 Å². The fourth-order valence-corrected chi connectivity index (χ4v) is 9.17. The molecule has 54 heavy (non-hydrogen) atoms. The molecule has 2 aromatic rings. The van der Waals surface area contributed by atoms with E-state index in [-0.39, 0.29) is 19.1 Å². The molecule has 4 amide bonds. The second-order valence-corrected chi connectivity index (χ2v) is 17.1. The number of halogens is 2. The van der Waals surface area contributed by atoms with Crippen LogP contribution in [0.25, 0.3) is 11.1 Å². The highest BCUT2D eigenvalue weighted by Gasteiger charge is 2.66. The molecule has 7 rings (SSSR count). The number of likely N-dealkylation sites (tertiary alicyclic amines) is 1. The largest absolute Gasteiger partial charge is 0.446 e. The van der Waals surface area contributed by atoms with E-state index in [0.717, 1.165) is 47.9 Å². The summed E-state index contributed by atoms with van der Waals surface area (Å²) in [4.78, 5) is 62.3. The molecule has 4 aliphatic carbocycles. The lowest BCUT2D eigenvalue weighted by Gasteiger charge is -2.32. The van der Waals surface area contributed by atoms with Crippen molar-refractivity contribution in [1.29, 1.82) is 0 Å². The Morgan fingerprint density at radius 1 is 0.944 bits per heavy atom. The van der Waals surface area contributed by atoms with Crippen molar-refractivity contribution in [2.75, 3.05) is 6.54 Å². The number of oxime groups is 1. The van der Waals surface area contributed by atoms with Crippen LogP contribution in [0.3, 0.4) is 0 Å². The average molecular weight is 770 g/mol. The van der Waals surface area contributed by atoms with Gasteiger partial charge >= 0.3 is 6.09 Å². The van der Waals surface area contributed by atoms with Crippen LogP contribution >= 0.6 is 0 Å². The van der Waals surface area contributed by atoms with Crippen molar-refractivity contribution in [2.45, 2.75) is 113 Å². The Kier molecular flexibility index (Phi) is 10.4. The van der Waals surface area contributed by atoms with Gasteiger partial charge in [0.15, 0.2) is 0 Å². The van der Waals surface area contributed by atoms with Crippen molar-refractivity contribution in [3.63, 3.8) is 0 Å². The van der Waals surface area contributed by atoms with Gasteiger partial charge < -0.3 is 25.1 Å². The van der Waals surface area contributed by atoms with E-state index < -0.39 is 87.5 Å². The number of nitrogens with one attached hydrogen (secondary N) is 3. The van der Waals surface area contributed by atoms with Gasteiger partial charge in [-0.3, -0.25) is 19.1 Å². The van der Waals surface area contributed by atoms with Gasteiger partial charge in [0.05, 0.1) is 17.7 Å². The maximum absolute atomic E-state index is 14.4. The molecule has 1 unspecified atom stereocenters. The molecule has 1 saturated heterocycles. The van der Waals surface area contributed by atoms with Gasteiger partial charge in [-0.05, 0) is 62.0 Å². The first kappa shape index (κ1) is 37.7. The lowest BCUT2D eigenvalue weighted by Crippen LogP contribution is -2.59. The lowest BCUT2D eigenvalue weighted by atomic mass is 9.97. The number of amides is 4. The standard InChI is InChI=1S/C38H45F2N5O8S/c1-3-21(2)31(41-37(49)52-22-10-4-5-11-22)35(47)45-20-23(53-43-32-27-14-8-6-12-25(27)26-13-7-9-15-28(26)32)18-30(45)34(46)42-38(19-29(38)33(39)40)36(48)44-54(50,51)24-16-17-24/h6-9,12-15,21-24,29-31,33H,3-5,10-11,16-20H2,1-2H3,(H,41,49)(H,42,46)(H,44,48)/t21?,23-,29+,30+,31+,38+/m1/s1. The normalized spacial score (nSPS) is 25.7. The van der Waals surface area contributed by atoms with Crippen molar-refractivity contribution in [1.82, 2.24) is 20.3 Å². The van der Waals surface area contributed by atoms with Gasteiger partial charge in [0.1, 0.15) is 35.5 Å². The third-order valence-corrected chi connectivity index (χ3v) is 13.2. The van der Waals surface area contributed by atoms with Crippen molar-refractivity contribution in [2.24, 2.45) is 17.0 Å². The van der Waals surface area contributed by atoms with Crippen LogP contribution in [0.4, 0.5) is 13.6 Å². The molecule has 13 nitrogen and oxygen atoms in total. The number of fused-ring (bicyclic) bond motifs is 3. The number of alkyl carbamates (subject to hydrolysis) is 1. The van der Waals surface area contributed by atoms with E-state index in [9.17, 15) is 36.4 Å². The summed E-state index contributed by atoms with van der Waals surface area (Å²) in [5.41, 5.74) is 1.97. The summed E-state index contributed by atoms with van der Waals surface area (Å²) in [6.45, 7) is 3.46. The van der Waals surface area contributed by atoms with Crippen LogP contribution in [0.2, 0.25) is 0 Å². The fourth-order valence-electron chi connectivity index (χ4n) is 7.80. The summed E-state index contributed by atoms with van der Waals surface area (Å²) in [6, 6.07) is 12.9. The van der Waals surface area contributed by atoms with Crippen LogP contribution in [0, 0.1) is 11.8 Å². The first-order chi connectivity index (χ1) is 25.8. The number of rotatable bonds is 13. The minimum absolute atomic E-state index is 0.130. The van der Waals surface area contributed by atoms with E-state index in [1.54, 1.807) is 6.92 Å². The van der Waals surface area contributed by atoms with E-state index in [2.05, 4.69) is 15.8 Å². The maximum atomic E-state index is 14.4. The molecule has 6 atom stereocenters. The summed E-state index contributed by atoms with van der Waals surface area (Å²) < 4.78 is 60.9. The van der Waals surface area contributed by atoms with Gasteiger partial charge in [-0.15, -0.1) is 0 Å². The molecule has 0 bridgehead atoms. The molecule has 0 aromatic heterocycles. The summed E-state index contributed by atoms with van der Waals surface area (Å²) >= 11 is 0. The number of benzene rings is 2. The highest BCUT2D eigenvalue weighted by Crippen LogP contribution is 2.48. The molecule has 4 fully saturated rings. The predicted molar refractivity (Wildman–Crippen MR) is 193 cm³/mol. The van der Waals surface area contributed by atoms with Gasteiger partial charge in [-0.25, -0.2) is 22.0 Å². The Hall–Kier alpha value is -4.60. The van der Waals surface area contributed by atoms with Crippen LogP contribution in [0.1, 0.15) is 82.8 Å². The molecule has 1 heterocycles. The summed E-state index contributed by atoms with van der Waals surface area (Å²) in [6.07, 6.45) is -1.09. The number of carbonyl (C=O) groups excluding carboxylic acids is 4. The molecule has 5 aliphatic rings. The number of nitrogens with zero attached hydrogens (tertiary/aromatic N) is 2. The van der Waals surface area contributed by atoms with Crippen molar-refractivity contribution < 1.29 is 46.0 Å². The number of hydrogen-bond acceptors (Lipinski definition) is 9. The molecule has 290 valence electrons. The van der Waals surface area contributed by atoms with E-state index in [1.807, 2.05) is 60.2 Å². The number of carbonyl (C=O) groups is 4. The highest BCUT2D eigenvalue weighted by atomic mass is 32.2. The third kappa shape index (κ3) is 7.40. The quantitative estimate of drug-likeness (QED) is 0.217. The first-order valence-electron chi connectivity index (χ1n) is 18.7. The second-order valence-electron chi connectivity index (χ2n) is 15.1. The van der Waals surface area contributed by atoms with Crippen LogP contribution in [0.15, 0.2) is 53.7 Å². The second kappa shape index (κ2) is 14.9. The molecule has 16 heteroatoms. The average Bonchev–Trinajstić information content (AvgIpc) is 4.00. The summed E-state index contributed by atoms with van der Waals surface area (Å²) in [7, 11) is -4.12. The Balaban J connectivity index is 1.16. The Morgan fingerprint density at radius 2 is 1.56 bits per heavy atom. The van der Waals surface area contributed by atoms with E-state index >= 15 is 0 Å². The smallest absolute Gasteiger partial charge is 0.408 e. The minimum atomic E-state index is -4.12. The molecule has 3 saturated carbocycles. The van der Waals surface area contributed by atoms with Crippen LogP contribution in [-0.2, 0) is 34.0 Å². The monoisotopic (exact) mass is 769 g/mol. The zero-order valence-corrected chi connectivity index (χ0v) is 30.9. The van der Waals surface area contributed by atoms with Gasteiger partial charge in [0.2, 0.25) is 28.3 Å². The molecule has 3 N–H and O–H groups in total. The highest BCUT2D eigenvalue weighted by molar-refractivity contribution is 7.91. The lowest BCUT2D eigenvalue weighted by molar-refractivity contribution is -0.142. The van der Waals surface area contributed by atoms with E-state index in [1.165, 1.54) is 4.90 Å². The van der Waals surface area contributed by atoms with Crippen LogP contribution in [-0.4, -0.2) is 90.9 Å². The van der Waals surface area contributed by atoms with Crippen molar-refractivity contribution in [3.8, 4) is 11.1 Å². The number of hydrogen-bond donors (Lipinski definition) is 3. The van der Waals surface area contributed by atoms with Gasteiger partial charge in [-0.2, -0.15) is 0 Å². The van der Waals surface area contributed by atoms with Gasteiger partial charge in [0, 0.05) is 17.5 Å². The fraction of sp³-hybridized carbons (Fsp3) is 0.553. The zero-order chi connectivity index (χ0) is 38.4. The number of sulfonamides is 1. The van der Waals surface area contributed by atoms with E-state index in [0.29, 0.717) is 25.0 Å². The first-order valence-corrected chi connectivity index (χ1v) is 20.2. The molecular formula is C38H45F2N5O8S. The molecule has 0 radical (unpaired) electrons. The number of ether oxygens (including phenoxy) is 1. The summed E-state index contributed by atoms with van der Waals surface area (Å²) in [5, 5.41) is 8.85. The summed E-state index contributed by atoms with van der Waals surface area (Å²) in [5.74, 6) is -4.84. The Labute approximate surface area is 312 Å². The van der Waals surface area contributed by atoms with Crippen molar-refractivity contribution >= 4 is 39.5 Å². The SMILES string of the molecule is CCC(C)[C@H](NC(=O)OC1CCCC1)C(=O)N1C[C@H](ON=C2c3ccccc3-c3ccccc32)C[C@H]1C(=O)N[C@@]1(C(=O)NS(=O)(=O)C2CC2)C[C@H]1C(F)F. The molecular weight excluding hydrogens is 725 g/mol. The topological polar surface area (TPSA) is 173 Å².